The third-order valence-corrected chi connectivity index (χ3v) is 4.29. The largest absolute Gasteiger partial charge is 0.311 e. The normalized spacial score (nSPS) is 11.2. The van der Waals surface area contributed by atoms with Crippen molar-refractivity contribution in [2.24, 2.45) is 0 Å². The van der Waals surface area contributed by atoms with E-state index in [1.807, 2.05) is 6.07 Å². The molecule has 108 valence electrons. The molecule has 3 nitrogen and oxygen atoms in total. The second kappa shape index (κ2) is 6.16. The predicted molar refractivity (Wildman–Crippen MR) is 89.7 cm³/mol. The number of aryl methyl sites for hydroxylation is 3. The van der Waals surface area contributed by atoms with E-state index in [1.165, 1.54) is 11.1 Å². The van der Waals surface area contributed by atoms with Crippen molar-refractivity contribution in [3.05, 3.63) is 58.0 Å². The van der Waals surface area contributed by atoms with Crippen LogP contribution in [0.25, 0.3) is 11.2 Å². The highest BCUT2D eigenvalue weighted by atomic mass is 79.9. The molecule has 2 aromatic heterocycles. The van der Waals surface area contributed by atoms with Crippen LogP contribution in [0.2, 0.25) is 0 Å². The van der Waals surface area contributed by atoms with Crippen molar-refractivity contribution in [1.82, 2.24) is 14.5 Å². The van der Waals surface area contributed by atoms with E-state index in [2.05, 4.69) is 61.7 Å². The lowest BCUT2D eigenvalue weighted by atomic mass is 10.1. The summed E-state index contributed by atoms with van der Waals surface area (Å²) in [7, 11) is 0. The summed E-state index contributed by atoms with van der Waals surface area (Å²) in [4.78, 5) is 9.04. The van der Waals surface area contributed by atoms with Crippen molar-refractivity contribution >= 4 is 38.7 Å². The standard InChI is InChI=1S/C16H15BrClN3/c1-11-4-2-3-5-12(11)6-7-21-15(9-18)20-14-8-13(17)10-19-16(14)21/h2-5,8,10H,6-7,9H2,1H3. The number of rotatable bonds is 4. The van der Waals surface area contributed by atoms with Gasteiger partial charge in [0.2, 0.25) is 0 Å². The molecule has 0 aliphatic carbocycles. The van der Waals surface area contributed by atoms with E-state index in [4.69, 9.17) is 11.6 Å². The maximum absolute atomic E-state index is 6.03. The number of hydrogen-bond acceptors (Lipinski definition) is 2. The highest BCUT2D eigenvalue weighted by Gasteiger charge is 2.11. The summed E-state index contributed by atoms with van der Waals surface area (Å²) in [6.07, 6.45) is 2.74. The smallest absolute Gasteiger partial charge is 0.160 e. The fourth-order valence-corrected chi connectivity index (χ4v) is 3.02. The molecular formula is C16H15BrClN3. The van der Waals surface area contributed by atoms with Crippen LogP contribution < -0.4 is 0 Å². The molecular weight excluding hydrogens is 350 g/mol. The monoisotopic (exact) mass is 363 g/mol. The molecule has 1 aromatic carbocycles. The molecule has 0 atom stereocenters. The molecule has 3 aromatic rings. The fraction of sp³-hybridized carbons (Fsp3) is 0.250. The van der Waals surface area contributed by atoms with Crippen LogP contribution in [-0.4, -0.2) is 14.5 Å². The molecule has 0 unspecified atom stereocenters. The van der Waals surface area contributed by atoms with Crippen LogP contribution >= 0.6 is 27.5 Å². The number of hydrogen-bond donors (Lipinski definition) is 0. The average molecular weight is 365 g/mol. The molecule has 3 rings (SSSR count). The summed E-state index contributed by atoms with van der Waals surface area (Å²) in [5, 5.41) is 0. The number of nitrogens with zero attached hydrogens (tertiary/aromatic N) is 3. The van der Waals surface area contributed by atoms with Gasteiger partial charge in [-0.05, 0) is 46.5 Å². The zero-order chi connectivity index (χ0) is 14.8. The molecule has 0 saturated carbocycles. The summed E-state index contributed by atoms with van der Waals surface area (Å²) in [6.45, 7) is 2.97. The Morgan fingerprint density at radius 3 is 2.86 bits per heavy atom. The van der Waals surface area contributed by atoms with Gasteiger partial charge in [-0.15, -0.1) is 11.6 Å². The minimum Gasteiger partial charge on any atom is -0.311 e. The molecule has 21 heavy (non-hydrogen) atoms. The molecule has 0 bridgehead atoms. The lowest BCUT2D eigenvalue weighted by Crippen LogP contribution is -2.06. The van der Waals surface area contributed by atoms with E-state index >= 15 is 0 Å². The third-order valence-electron chi connectivity index (χ3n) is 3.62. The van der Waals surface area contributed by atoms with E-state index in [-0.39, 0.29) is 0 Å². The van der Waals surface area contributed by atoms with E-state index in [0.29, 0.717) is 5.88 Å². The van der Waals surface area contributed by atoms with Gasteiger partial charge in [0, 0.05) is 17.2 Å². The SMILES string of the molecule is Cc1ccccc1CCn1c(CCl)nc2cc(Br)cnc21. The molecule has 0 aliphatic heterocycles. The van der Waals surface area contributed by atoms with Gasteiger partial charge in [0.05, 0.1) is 5.88 Å². The van der Waals surface area contributed by atoms with Crippen LogP contribution in [-0.2, 0) is 18.8 Å². The van der Waals surface area contributed by atoms with Crippen molar-refractivity contribution in [3.8, 4) is 0 Å². The topological polar surface area (TPSA) is 30.7 Å². The Hall–Kier alpha value is -1.39. The summed E-state index contributed by atoms with van der Waals surface area (Å²) in [5.41, 5.74) is 4.43. The molecule has 0 saturated heterocycles. The highest BCUT2D eigenvalue weighted by molar-refractivity contribution is 9.10. The number of benzene rings is 1. The Morgan fingerprint density at radius 2 is 2.10 bits per heavy atom. The molecule has 0 fully saturated rings. The molecule has 0 spiro atoms. The van der Waals surface area contributed by atoms with Gasteiger partial charge in [-0.1, -0.05) is 24.3 Å². The number of aromatic nitrogens is 3. The molecule has 0 aliphatic rings. The van der Waals surface area contributed by atoms with Crippen molar-refractivity contribution in [2.45, 2.75) is 25.8 Å². The molecule has 0 amide bonds. The first kappa shape index (κ1) is 14.5. The van der Waals surface area contributed by atoms with E-state index in [9.17, 15) is 0 Å². The summed E-state index contributed by atoms with van der Waals surface area (Å²) in [6, 6.07) is 10.4. The van der Waals surface area contributed by atoms with Crippen molar-refractivity contribution < 1.29 is 0 Å². The number of halogens is 2. The fourth-order valence-electron chi connectivity index (χ4n) is 2.49. The average Bonchev–Trinajstić information content (AvgIpc) is 2.83. The van der Waals surface area contributed by atoms with Crippen LogP contribution in [0.15, 0.2) is 41.0 Å². The highest BCUT2D eigenvalue weighted by Crippen LogP contribution is 2.20. The summed E-state index contributed by atoms with van der Waals surface area (Å²) >= 11 is 9.46. The van der Waals surface area contributed by atoms with Crippen molar-refractivity contribution in [3.63, 3.8) is 0 Å². The maximum atomic E-state index is 6.03. The van der Waals surface area contributed by atoms with Crippen LogP contribution in [0.1, 0.15) is 17.0 Å². The number of fused-ring (bicyclic) bond motifs is 1. The zero-order valence-corrected chi connectivity index (χ0v) is 14.0. The Bertz CT molecular complexity index is 782. The number of imidazole rings is 1. The Labute approximate surface area is 137 Å². The predicted octanol–water partition coefficient (Wildman–Crippen LogP) is 4.48. The van der Waals surface area contributed by atoms with Gasteiger partial charge < -0.3 is 4.57 Å². The Balaban J connectivity index is 1.94. The number of alkyl halides is 1. The third kappa shape index (κ3) is 2.97. The second-order valence-corrected chi connectivity index (χ2v) is 6.17. The van der Waals surface area contributed by atoms with Crippen LogP contribution in [0.3, 0.4) is 0 Å². The van der Waals surface area contributed by atoms with Crippen molar-refractivity contribution in [2.75, 3.05) is 0 Å². The maximum Gasteiger partial charge on any atom is 0.160 e. The zero-order valence-electron chi connectivity index (χ0n) is 11.7. The first-order valence-corrected chi connectivity index (χ1v) is 8.13. The van der Waals surface area contributed by atoms with Crippen LogP contribution in [0.5, 0.6) is 0 Å². The van der Waals surface area contributed by atoms with E-state index in [1.54, 1.807) is 6.20 Å². The second-order valence-electron chi connectivity index (χ2n) is 4.99. The first-order valence-electron chi connectivity index (χ1n) is 6.80. The van der Waals surface area contributed by atoms with Crippen LogP contribution in [0.4, 0.5) is 0 Å². The molecule has 0 N–H and O–H groups in total. The molecule has 0 radical (unpaired) electrons. The van der Waals surface area contributed by atoms with Gasteiger partial charge in [0.25, 0.3) is 0 Å². The van der Waals surface area contributed by atoms with Gasteiger partial charge in [-0.2, -0.15) is 0 Å². The van der Waals surface area contributed by atoms with E-state index < -0.39 is 0 Å². The van der Waals surface area contributed by atoms with Gasteiger partial charge in [0.1, 0.15) is 11.3 Å². The molecule has 5 heteroatoms. The first-order chi connectivity index (χ1) is 10.2. The van der Waals surface area contributed by atoms with Gasteiger partial charge in [0.15, 0.2) is 5.65 Å². The Kier molecular flexibility index (Phi) is 4.27. The van der Waals surface area contributed by atoms with Crippen molar-refractivity contribution in [1.29, 1.82) is 0 Å². The minimum absolute atomic E-state index is 0.391. The van der Waals surface area contributed by atoms with Gasteiger partial charge >= 0.3 is 0 Å². The summed E-state index contributed by atoms with van der Waals surface area (Å²) < 4.78 is 3.04. The minimum atomic E-state index is 0.391. The van der Waals surface area contributed by atoms with Gasteiger partial charge in [-0.25, -0.2) is 9.97 Å². The lowest BCUT2D eigenvalue weighted by molar-refractivity contribution is 0.680. The number of pyridine rings is 1. The summed E-state index contributed by atoms with van der Waals surface area (Å²) in [5.74, 6) is 1.26. The van der Waals surface area contributed by atoms with Crippen LogP contribution in [0, 0.1) is 6.92 Å². The van der Waals surface area contributed by atoms with E-state index in [0.717, 1.165) is 34.4 Å². The Morgan fingerprint density at radius 1 is 1.29 bits per heavy atom. The molecule has 2 heterocycles. The van der Waals surface area contributed by atoms with Gasteiger partial charge in [-0.3, -0.25) is 0 Å². The lowest BCUT2D eigenvalue weighted by Gasteiger charge is -2.09. The quantitative estimate of drug-likeness (QED) is 0.639.